The van der Waals surface area contributed by atoms with Gasteiger partial charge in [0.25, 0.3) is 11.5 Å². The molecule has 0 saturated carbocycles. The third-order valence-electron chi connectivity index (χ3n) is 4.24. The quantitative estimate of drug-likeness (QED) is 0.882. The van der Waals surface area contributed by atoms with Crippen molar-refractivity contribution in [2.75, 3.05) is 29.9 Å². The number of carbonyl (C=O) groups excluding carboxylic acids is 1. The van der Waals surface area contributed by atoms with Crippen molar-refractivity contribution in [3.05, 3.63) is 46.6 Å². The molecule has 1 N–H and O–H groups in total. The van der Waals surface area contributed by atoms with Gasteiger partial charge in [0.15, 0.2) is 6.61 Å². The summed E-state index contributed by atoms with van der Waals surface area (Å²) in [7, 11) is 1.58. The molecule has 1 aliphatic heterocycles. The molecule has 1 saturated heterocycles. The molecular weight excluding hydrogens is 339 g/mol. The second kappa shape index (κ2) is 7.99. The number of hydrogen-bond donors (Lipinski definition) is 1. The maximum Gasteiger partial charge on any atom is 0.292 e. The minimum atomic E-state index is -0.414. The molecule has 8 heteroatoms. The van der Waals surface area contributed by atoms with Crippen LogP contribution in [0.25, 0.3) is 0 Å². The SMILES string of the molecule is Cn1ncc(NC(=O)COc2ccc(F)cc2)c(N2CCCCC2)c1=O. The average Bonchev–Trinajstić information content (AvgIpc) is 2.65. The Morgan fingerprint density at radius 1 is 1.23 bits per heavy atom. The topological polar surface area (TPSA) is 76.5 Å². The Balaban J connectivity index is 1.72. The van der Waals surface area contributed by atoms with Crippen molar-refractivity contribution in [3.63, 3.8) is 0 Å². The molecule has 1 fully saturated rings. The van der Waals surface area contributed by atoms with Crippen LogP contribution in [0.3, 0.4) is 0 Å². The molecule has 0 radical (unpaired) electrons. The molecule has 1 aromatic heterocycles. The number of piperidine rings is 1. The number of amides is 1. The monoisotopic (exact) mass is 360 g/mol. The normalized spacial score (nSPS) is 14.2. The number of halogens is 1. The van der Waals surface area contributed by atoms with E-state index < -0.39 is 5.91 Å². The van der Waals surface area contributed by atoms with Crippen molar-refractivity contribution in [2.24, 2.45) is 7.05 Å². The van der Waals surface area contributed by atoms with E-state index in [0.717, 1.165) is 32.4 Å². The summed E-state index contributed by atoms with van der Waals surface area (Å²) in [4.78, 5) is 26.7. The third-order valence-corrected chi connectivity index (χ3v) is 4.24. The first-order chi connectivity index (χ1) is 12.5. The van der Waals surface area contributed by atoms with Crippen LogP contribution in [0.1, 0.15) is 19.3 Å². The molecule has 0 bridgehead atoms. The molecule has 1 aliphatic rings. The number of nitrogens with one attached hydrogen (secondary N) is 1. The predicted molar refractivity (Wildman–Crippen MR) is 96.1 cm³/mol. The lowest BCUT2D eigenvalue weighted by Crippen LogP contribution is -2.37. The first-order valence-corrected chi connectivity index (χ1v) is 8.54. The molecule has 138 valence electrons. The fourth-order valence-electron chi connectivity index (χ4n) is 2.91. The maximum absolute atomic E-state index is 12.9. The van der Waals surface area contributed by atoms with Crippen LogP contribution in [0.4, 0.5) is 15.8 Å². The van der Waals surface area contributed by atoms with Gasteiger partial charge >= 0.3 is 0 Å². The van der Waals surface area contributed by atoms with Gasteiger partial charge in [-0.1, -0.05) is 0 Å². The van der Waals surface area contributed by atoms with Crippen LogP contribution < -0.4 is 20.5 Å². The zero-order chi connectivity index (χ0) is 18.5. The summed E-state index contributed by atoms with van der Waals surface area (Å²) in [6.07, 6.45) is 4.62. The number of aromatic nitrogens is 2. The Morgan fingerprint density at radius 3 is 2.62 bits per heavy atom. The van der Waals surface area contributed by atoms with E-state index in [-0.39, 0.29) is 18.0 Å². The zero-order valence-corrected chi connectivity index (χ0v) is 14.6. The van der Waals surface area contributed by atoms with Crippen molar-refractivity contribution in [3.8, 4) is 5.75 Å². The number of anilines is 2. The van der Waals surface area contributed by atoms with E-state index >= 15 is 0 Å². The summed E-state index contributed by atoms with van der Waals surface area (Å²) in [6.45, 7) is 1.29. The number of nitrogens with zero attached hydrogens (tertiary/aromatic N) is 3. The molecule has 1 aromatic carbocycles. The highest BCUT2D eigenvalue weighted by molar-refractivity contribution is 5.94. The summed E-state index contributed by atoms with van der Waals surface area (Å²) >= 11 is 0. The smallest absolute Gasteiger partial charge is 0.292 e. The van der Waals surface area contributed by atoms with E-state index in [2.05, 4.69) is 10.4 Å². The van der Waals surface area contributed by atoms with Crippen molar-refractivity contribution in [1.29, 1.82) is 0 Å². The van der Waals surface area contributed by atoms with E-state index in [1.807, 2.05) is 4.90 Å². The fraction of sp³-hybridized carbons (Fsp3) is 0.389. The van der Waals surface area contributed by atoms with Gasteiger partial charge in [-0.05, 0) is 43.5 Å². The van der Waals surface area contributed by atoms with Crippen molar-refractivity contribution >= 4 is 17.3 Å². The Kier molecular flexibility index (Phi) is 5.50. The van der Waals surface area contributed by atoms with Crippen LogP contribution in [0.2, 0.25) is 0 Å². The number of carbonyl (C=O) groups is 1. The van der Waals surface area contributed by atoms with Gasteiger partial charge < -0.3 is 15.0 Å². The van der Waals surface area contributed by atoms with E-state index in [0.29, 0.717) is 17.1 Å². The van der Waals surface area contributed by atoms with Gasteiger partial charge in [-0.2, -0.15) is 5.10 Å². The molecular formula is C18H21FN4O3. The van der Waals surface area contributed by atoms with E-state index in [1.165, 1.54) is 35.1 Å². The van der Waals surface area contributed by atoms with Gasteiger partial charge in [-0.15, -0.1) is 0 Å². The Bertz CT molecular complexity index is 829. The minimum Gasteiger partial charge on any atom is -0.484 e. The van der Waals surface area contributed by atoms with Gasteiger partial charge in [0.05, 0.1) is 11.9 Å². The van der Waals surface area contributed by atoms with E-state index in [4.69, 9.17) is 4.74 Å². The second-order valence-electron chi connectivity index (χ2n) is 6.17. The summed E-state index contributed by atoms with van der Waals surface area (Å²) in [5.74, 6) is -0.401. The van der Waals surface area contributed by atoms with Crippen molar-refractivity contribution in [2.45, 2.75) is 19.3 Å². The first kappa shape index (κ1) is 17.9. The molecule has 0 atom stereocenters. The number of rotatable bonds is 5. The lowest BCUT2D eigenvalue weighted by atomic mass is 10.1. The lowest BCUT2D eigenvalue weighted by molar-refractivity contribution is -0.118. The van der Waals surface area contributed by atoms with Gasteiger partial charge in [-0.25, -0.2) is 9.07 Å². The van der Waals surface area contributed by atoms with E-state index in [1.54, 1.807) is 7.05 Å². The first-order valence-electron chi connectivity index (χ1n) is 8.54. The molecule has 0 spiro atoms. The summed E-state index contributed by atoms with van der Waals surface area (Å²) in [5, 5.41) is 6.70. The minimum absolute atomic E-state index is 0.246. The van der Waals surface area contributed by atoms with Crippen molar-refractivity contribution < 1.29 is 13.9 Å². The summed E-state index contributed by atoms with van der Waals surface area (Å²) in [6, 6.07) is 5.40. The number of aryl methyl sites for hydroxylation is 1. The van der Waals surface area contributed by atoms with Gasteiger partial charge in [-0.3, -0.25) is 9.59 Å². The average molecular weight is 360 g/mol. The Labute approximate surface area is 150 Å². The summed E-state index contributed by atoms with van der Waals surface area (Å²) < 4.78 is 19.5. The van der Waals surface area contributed by atoms with E-state index in [9.17, 15) is 14.0 Å². The van der Waals surface area contributed by atoms with Crippen LogP contribution >= 0.6 is 0 Å². The number of benzene rings is 1. The fourth-order valence-corrected chi connectivity index (χ4v) is 2.91. The van der Waals surface area contributed by atoms with Crippen LogP contribution in [0.15, 0.2) is 35.3 Å². The lowest BCUT2D eigenvalue weighted by Gasteiger charge is -2.29. The standard InChI is InChI=1S/C18H21FN4O3/c1-22-18(25)17(23-9-3-2-4-10-23)15(11-20-22)21-16(24)12-26-14-7-5-13(19)6-8-14/h5-8,11H,2-4,9-10,12H2,1H3,(H,21,24). The molecule has 1 amide bonds. The molecule has 2 heterocycles. The highest BCUT2D eigenvalue weighted by Gasteiger charge is 2.20. The van der Waals surface area contributed by atoms with Gasteiger partial charge in [0, 0.05) is 20.1 Å². The Hall–Kier alpha value is -2.90. The van der Waals surface area contributed by atoms with Crippen LogP contribution in [0, 0.1) is 5.82 Å². The third kappa shape index (κ3) is 4.19. The molecule has 0 aliphatic carbocycles. The molecule has 3 rings (SSSR count). The predicted octanol–water partition coefficient (Wildman–Crippen LogP) is 1.93. The maximum atomic E-state index is 12.9. The number of ether oxygens (including phenoxy) is 1. The number of hydrogen-bond acceptors (Lipinski definition) is 5. The van der Waals surface area contributed by atoms with Crippen LogP contribution in [0.5, 0.6) is 5.75 Å². The molecule has 7 nitrogen and oxygen atoms in total. The zero-order valence-electron chi connectivity index (χ0n) is 14.6. The highest BCUT2D eigenvalue weighted by atomic mass is 19.1. The molecule has 2 aromatic rings. The van der Waals surface area contributed by atoms with Crippen molar-refractivity contribution in [1.82, 2.24) is 9.78 Å². The van der Waals surface area contributed by atoms with Crippen LogP contribution in [-0.2, 0) is 11.8 Å². The summed E-state index contributed by atoms with van der Waals surface area (Å²) in [5.41, 5.74) is 0.587. The van der Waals surface area contributed by atoms with Crippen LogP contribution in [-0.4, -0.2) is 35.4 Å². The van der Waals surface area contributed by atoms with Gasteiger partial charge in [0.1, 0.15) is 17.3 Å². The second-order valence-corrected chi connectivity index (χ2v) is 6.17. The Morgan fingerprint density at radius 2 is 1.92 bits per heavy atom. The largest absolute Gasteiger partial charge is 0.484 e. The molecule has 26 heavy (non-hydrogen) atoms. The molecule has 0 unspecified atom stereocenters. The van der Waals surface area contributed by atoms with Gasteiger partial charge in [0.2, 0.25) is 0 Å². The highest BCUT2D eigenvalue weighted by Crippen LogP contribution is 2.24.